The summed E-state index contributed by atoms with van der Waals surface area (Å²) < 4.78 is 2.33. The number of hydrogen-bond acceptors (Lipinski definition) is 2. The minimum atomic E-state index is 0.974. The van der Waals surface area contributed by atoms with Gasteiger partial charge in [-0.2, -0.15) is 0 Å². The molecule has 2 heteroatoms. The maximum Gasteiger partial charge on any atom is 0.0390 e. The fraction of sp³-hybridized carbons (Fsp3) is 0. The van der Waals surface area contributed by atoms with Crippen LogP contribution in [0.1, 0.15) is 5.56 Å². The fourth-order valence-corrected chi connectivity index (χ4v) is 4.85. The summed E-state index contributed by atoms with van der Waals surface area (Å²) >= 11 is 1.72. The minimum Gasteiger partial charge on any atom is -0.356 e. The van der Waals surface area contributed by atoms with Crippen molar-refractivity contribution >= 4 is 51.0 Å². The van der Waals surface area contributed by atoms with Crippen LogP contribution in [0.15, 0.2) is 110 Å². The van der Waals surface area contributed by atoms with E-state index in [1.54, 1.807) is 11.3 Å². The molecule has 4 aromatic carbocycles. The van der Waals surface area contributed by atoms with Gasteiger partial charge in [0, 0.05) is 31.2 Å². The van der Waals surface area contributed by atoms with Gasteiger partial charge in [-0.05, 0) is 58.7 Å². The summed E-state index contributed by atoms with van der Waals surface area (Å²) in [6.07, 6.45) is 2.15. The zero-order chi connectivity index (χ0) is 21.9. The Hall–Kier alpha value is -3.88. The molecule has 0 atom stereocenters. The highest BCUT2D eigenvalue weighted by atomic mass is 32.1. The Morgan fingerprint density at radius 3 is 2.25 bits per heavy atom. The Labute approximate surface area is 192 Å². The first-order valence-corrected chi connectivity index (χ1v) is 11.4. The standard InChI is InChI=1S/C30H23NS/c1-21(19-29-22(2)32-30-14-7-6-13-28(29)30)25-11-8-12-27(20-25)31-26-17-15-24(16-18-26)23-9-4-3-5-10-23/h3-20,31H,1-2H2/b29-19+. The normalized spacial score (nSPS) is 11.6. The number of hydrogen-bond donors (Lipinski definition) is 1. The van der Waals surface area contributed by atoms with Gasteiger partial charge in [0.1, 0.15) is 0 Å². The number of thiophene rings is 1. The number of fused-ring (bicyclic) bond motifs is 1. The molecule has 0 fully saturated rings. The van der Waals surface area contributed by atoms with Crippen molar-refractivity contribution in [3.63, 3.8) is 0 Å². The quantitative estimate of drug-likeness (QED) is 0.311. The number of benzene rings is 4. The summed E-state index contributed by atoms with van der Waals surface area (Å²) in [6, 6.07) is 35.7. The summed E-state index contributed by atoms with van der Waals surface area (Å²) in [4.78, 5) is 0. The molecule has 1 N–H and O–H groups in total. The number of allylic oxidation sites excluding steroid dienone is 1. The number of nitrogens with one attached hydrogen (secondary N) is 1. The molecule has 0 aliphatic heterocycles. The van der Waals surface area contributed by atoms with Gasteiger partial charge in [-0.1, -0.05) is 86.0 Å². The van der Waals surface area contributed by atoms with Gasteiger partial charge >= 0.3 is 0 Å². The van der Waals surface area contributed by atoms with Crippen LogP contribution >= 0.6 is 11.3 Å². The van der Waals surface area contributed by atoms with Gasteiger partial charge in [0.25, 0.3) is 0 Å². The summed E-state index contributed by atoms with van der Waals surface area (Å²) in [5, 5.41) is 5.90. The molecule has 5 aromatic rings. The van der Waals surface area contributed by atoms with Crippen molar-refractivity contribution in [3.05, 3.63) is 125 Å². The molecular weight excluding hydrogens is 406 g/mol. The molecule has 0 saturated heterocycles. The molecule has 1 heterocycles. The van der Waals surface area contributed by atoms with Crippen molar-refractivity contribution in [2.45, 2.75) is 0 Å². The van der Waals surface area contributed by atoms with E-state index in [-0.39, 0.29) is 0 Å². The lowest BCUT2D eigenvalue weighted by Gasteiger charge is -2.10. The topological polar surface area (TPSA) is 12.0 Å². The summed E-state index contributed by atoms with van der Waals surface area (Å²) in [6.45, 7) is 8.58. The molecule has 154 valence electrons. The third kappa shape index (κ3) is 4.14. The van der Waals surface area contributed by atoms with E-state index in [0.717, 1.165) is 32.3 Å². The van der Waals surface area contributed by atoms with E-state index in [1.165, 1.54) is 21.2 Å². The lowest BCUT2D eigenvalue weighted by molar-refractivity contribution is 1.53. The predicted molar refractivity (Wildman–Crippen MR) is 142 cm³/mol. The van der Waals surface area contributed by atoms with Gasteiger partial charge in [-0.25, -0.2) is 0 Å². The second-order valence-corrected chi connectivity index (χ2v) is 8.89. The van der Waals surface area contributed by atoms with Crippen LogP contribution in [0.5, 0.6) is 0 Å². The number of anilines is 2. The van der Waals surface area contributed by atoms with Crippen LogP contribution in [0, 0.1) is 0 Å². The molecule has 0 aliphatic rings. The van der Waals surface area contributed by atoms with Gasteiger partial charge in [0.2, 0.25) is 0 Å². The zero-order valence-corrected chi connectivity index (χ0v) is 18.5. The van der Waals surface area contributed by atoms with E-state index in [2.05, 4.69) is 122 Å². The van der Waals surface area contributed by atoms with Crippen LogP contribution < -0.4 is 15.1 Å². The van der Waals surface area contributed by atoms with Crippen molar-refractivity contribution in [3.8, 4) is 11.1 Å². The molecule has 0 bridgehead atoms. The largest absolute Gasteiger partial charge is 0.356 e. The van der Waals surface area contributed by atoms with Crippen molar-refractivity contribution in [2.75, 3.05) is 5.32 Å². The fourth-order valence-electron chi connectivity index (χ4n) is 3.87. The first-order chi connectivity index (χ1) is 15.7. The van der Waals surface area contributed by atoms with Crippen LogP contribution in [0.4, 0.5) is 11.4 Å². The van der Waals surface area contributed by atoms with Gasteiger partial charge in [-0.3, -0.25) is 0 Å². The molecule has 0 radical (unpaired) electrons. The second kappa shape index (κ2) is 8.70. The third-order valence-electron chi connectivity index (χ3n) is 5.54. The van der Waals surface area contributed by atoms with Crippen LogP contribution in [-0.4, -0.2) is 0 Å². The van der Waals surface area contributed by atoms with Crippen molar-refractivity contribution in [1.82, 2.24) is 0 Å². The molecule has 0 unspecified atom stereocenters. The molecule has 0 amide bonds. The molecule has 0 saturated carbocycles. The third-order valence-corrected chi connectivity index (χ3v) is 6.59. The lowest BCUT2D eigenvalue weighted by Crippen LogP contribution is -2.16. The van der Waals surface area contributed by atoms with E-state index >= 15 is 0 Å². The molecule has 0 aliphatic carbocycles. The van der Waals surface area contributed by atoms with Gasteiger partial charge in [0.15, 0.2) is 0 Å². The Balaban J connectivity index is 1.39. The van der Waals surface area contributed by atoms with E-state index < -0.39 is 0 Å². The smallest absolute Gasteiger partial charge is 0.0390 e. The summed E-state index contributed by atoms with van der Waals surface area (Å²) in [7, 11) is 0. The molecule has 5 rings (SSSR count). The van der Waals surface area contributed by atoms with Gasteiger partial charge in [-0.15, -0.1) is 11.3 Å². The second-order valence-electron chi connectivity index (χ2n) is 7.75. The van der Waals surface area contributed by atoms with Gasteiger partial charge in [0.05, 0.1) is 0 Å². The molecule has 1 aromatic heterocycles. The number of rotatable bonds is 5. The average molecular weight is 430 g/mol. The van der Waals surface area contributed by atoms with Gasteiger partial charge < -0.3 is 5.32 Å². The molecule has 1 nitrogen and oxygen atoms in total. The zero-order valence-electron chi connectivity index (χ0n) is 17.7. The SMILES string of the molecule is C=C(/C=c1\c(=C)sc2ccccc12)c1cccc(Nc2ccc(-c3ccccc3)cc2)c1. The first kappa shape index (κ1) is 20.0. The maximum atomic E-state index is 4.33. The van der Waals surface area contributed by atoms with E-state index in [0.29, 0.717) is 0 Å². The van der Waals surface area contributed by atoms with Crippen LogP contribution in [0.2, 0.25) is 0 Å². The average Bonchev–Trinajstić information content (AvgIpc) is 3.15. The van der Waals surface area contributed by atoms with Crippen LogP contribution in [0.3, 0.4) is 0 Å². The molecule has 32 heavy (non-hydrogen) atoms. The highest BCUT2D eigenvalue weighted by Gasteiger charge is 2.03. The Morgan fingerprint density at radius 1 is 0.719 bits per heavy atom. The monoisotopic (exact) mass is 429 g/mol. The van der Waals surface area contributed by atoms with E-state index in [4.69, 9.17) is 0 Å². The Bertz CT molecular complexity index is 1510. The van der Waals surface area contributed by atoms with Crippen molar-refractivity contribution in [1.29, 1.82) is 0 Å². The Kier molecular flexibility index (Phi) is 5.45. The van der Waals surface area contributed by atoms with Crippen LogP contribution in [-0.2, 0) is 0 Å². The highest BCUT2D eigenvalue weighted by molar-refractivity contribution is 7.17. The highest BCUT2D eigenvalue weighted by Crippen LogP contribution is 2.25. The molecule has 0 spiro atoms. The molecular formula is C30H23NS. The van der Waals surface area contributed by atoms with Crippen LogP contribution in [0.25, 0.3) is 39.4 Å². The first-order valence-electron chi connectivity index (χ1n) is 10.6. The van der Waals surface area contributed by atoms with E-state index in [9.17, 15) is 0 Å². The van der Waals surface area contributed by atoms with Crippen molar-refractivity contribution in [2.24, 2.45) is 0 Å². The van der Waals surface area contributed by atoms with E-state index in [1.807, 2.05) is 6.07 Å². The Morgan fingerprint density at radius 2 is 1.44 bits per heavy atom. The lowest BCUT2D eigenvalue weighted by atomic mass is 10.0. The summed E-state index contributed by atoms with van der Waals surface area (Å²) in [5.74, 6) is 0. The van der Waals surface area contributed by atoms with Crippen molar-refractivity contribution < 1.29 is 0 Å². The maximum absolute atomic E-state index is 4.33. The summed E-state index contributed by atoms with van der Waals surface area (Å²) in [5.41, 5.74) is 6.58. The minimum absolute atomic E-state index is 0.974. The predicted octanol–water partition coefficient (Wildman–Crippen LogP) is 7.22.